The Morgan fingerprint density at radius 1 is 0.816 bits per heavy atom. The van der Waals surface area contributed by atoms with Gasteiger partial charge in [0.15, 0.2) is 0 Å². The Hall–Kier alpha value is -3.65. The molecule has 0 aliphatic heterocycles. The summed E-state index contributed by atoms with van der Waals surface area (Å²) in [6.45, 7) is 10.7. The molecule has 38 heavy (non-hydrogen) atoms. The van der Waals surface area contributed by atoms with Gasteiger partial charge in [-0.25, -0.2) is 8.42 Å². The van der Waals surface area contributed by atoms with Crippen LogP contribution in [-0.2, 0) is 26.2 Å². The molecule has 0 saturated carbocycles. The molecule has 3 aromatic carbocycles. The van der Waals surface area contributed by atoms with Crippen LogP contribution in [0.15, 0.2) is 77.7 Å². The standard InChI is InChI=1S/C30H37N3O4S/c1-21(2)31-30(35)25(6)32(19-26-15-11-22(3)12-16-26)29(34)20-33(28-10-8-7-9-24(28)5)38(36,37)27-17-13-23(4)14-18-27/h7-18,21,25H,19-20H2,1-6H3,(H,31,35)/t25-/m0/s1. The van der Waals surface area contributed by atoms with Gasteiger partial charge in [0.25, 0.3) is 10.0 Å². The van der Waals surface area contributed by atoms with Crippen LogP contribution in [0.4, 0.5) is 5.69 Å². The van der Waals surface area contributed by atoms with E-state index < -0.39 is 28.5 Å². The maximum absolute atomic E-state index is 13.9. The van der Waals surface area contributed by atoms with Gasteiger partial charge in [-0.3, -0.25) is 13.9 Å². The summed E-state index contributed by atoms with van der Waals surface area (Å²) in [6, 6.07) is 20.4. The van der Waals surface area contributed by atoms with Crippen LogP contribution in [0.2, 0.25) is 0 Å². The number of sulfonamides is 1. The smallest absolute Gasteiger partial charge is 0.264 e. The first-order valence-corrected chi connectivity index (χ1v) is 14.1. The number of aryl methyl sites for hydroxylation is 3. The van der Waals surface area contributed by atoms with Gasteiger partial charge in [0.05, 0.1) is 10.6 Å². The molecule has 0 radical (unpaired) electrons. The second kappa shape index (κ2) is 12.3. The van der Waals surface area contributed by atoms with E-state index in [1.54, 1.807) is 56.3 Å². The summed E-state index contributed by atoms with van der Waals surface area (Å²) in [5.74, 6) is -0.778. The number of para-hydroxylation sites is 1. The molecule has 3 aromatic rings. The Morgan fingerprint density at radius 2 is 1.37 bits per heavy atom. The first kappa shape index (κ1) is 28.9. The van der Waals surface area contributed by atoms with E-state index in [2.05, 4.69) is 5.32 Å². The zero-order chi connectivity index (χ0) is 28.0. The van der Waals surface area contributed by atoms with E-state index in [4.69, 9.17) is 0 Å². The van der Waals surface area contributed by atoms with E-state index in [0.717, 1.165) is 21.0 Å². The lowest BCUT2D eigenvalue weighted by molar-refractivity contribution is -0.139. The number of nitrogens with zero attached hydrogens (tertiary/aromatic N) is 2. The minimum atomic E-state index is -4.08. The maximum Gasteiger partial charge on any atom is 0.264 e. The lowest BCUT2D eigenvalue weighted by Gasteiger charge is -2.32. The van der Waals surface area contributed by atoms with Gasteiger partial charge >= 0.3 is 0 Å². The quantitative estimate of drug-likeness (QED) is 0.406. The molecule has 0 spiro atoms. The fourth-order valence-electron chi connectivity index (χ4n) is 4.07. The largest absolute Gasteiger partial charge is 0.352 e. The van der Waals surface area contributed by atoms with Gasteiger partial charge in [-0.15, -0.1) is 0 Å². The van der Waals surface area contributed by atoms with Crippen molar-refractivity contribution in [3.63, 3.8) is 0 Å². The van der Waals surface area contributed by atoms with E-state index in [9.17, 15) is 18.0 Å². The summed E-state index contributed by atoms with van der Waals surface area (Å²) in [5, 5.41) is 2.86. The minimum Gasteiger partial charge on any atom is -0.352 e. The minimum absolute atomic E-state index is 0.0924. The fourth-order valence-corrected chi connectivity index (χ4v) is 5.55. The normalized spacial score (nSPS) is 12.2. The van der Waals surface area contributed by atoms with Crippen LogP contribution in [0.3, 0.4) is 0 Å². The highest BCUT2D eigenvalue weighted by Crippen LogP contribution is 2.27. The average Bonchev–Trinajstić information content (AvgIpc) is 2.86. The van der Waals surface area contributed by atoms with Crippen molar-refractivity contribution in [2.75, 3.05) is 10.8 Å². The highest BCUT2D eigenvalue weighted by Gasteiger charge is 2.33. The molecule has 0 saturated heterocycles. The number of rotatable bonds is 10. The number of hydrogen-bond donors (Lipinski definition) is 1. The van der Waals surface area contributed by atoms with Crippen molar-refractivity contribution in [1.82, 2.24) is 10.2 Å². The summed E-state index contributed by atoms with van der Waals surface area (Å²) in [7, 11) is -4.08. The fraction of sp³-hybridized carbons (Fsp3) is 0.333. The molecule has 0 aliphatic rings. The molecule has 8 heteroatoms. The van der Waals surface area contributed by atoms with E-state index in [-0.39, 0.29) is 23.4 Å². The third-order valence-corrected chi connectivity index (χ3v) is 8.12. The third-order valence-electron chi connectivity index (χ3n) is 6.34. The topological polar surface area (TPSA) is 86.8 Å². The van der Waals surface area contributed by atoms with Crippen molar-refractivity contribution in [1.29, 1.82) is 0 Å². The molecule has 7 nitrogen and oxygen atoms in total. The Labute approximate surface area is 226 Å². The van der Waals surface area contributed by atoms with Crippen molar-refractivity contribution in [3.8, 4) is 0 Å². The molecule has 1 atom stereocenters. The van der Waals surface area contributed by atoms with Gasteiger partial charge in [0.1, 0.15) is 12.6 Å². The molecule has 2 amide bonds. The Balaban J connectivity index is 2.04. The monoisotopic (exact) mass is 535 g/mol. The second-order valence-electron chi connectivity index (χ2n) is 9.96. The van der Waals surface area contributed by atoms with Crippen LogP contribution in [-0.4, -0.2) is 43.8 Å². The van der Waals surface area contributed by atoms with Gasteiger partial charge in [0.2, 0.25) is 11.8 Å². The highest BCUT2D eigenvalue weighted by molar-refractivity contribution is 7.92. The molecule has 1 N–H and O–H groups in total. The van der Waals surface area contributed by atoms with Crippen LogP contribution in [0.1, 0.15) is 43.0 Å². The van der Waals surface area contributed by atoms with Crippen molar-refractivity contribution in [2.24, 2.45) is 0 Å². The number of benzene rings is 3. The molecular weight excluding hydrogens is 498 g/mol. The lowest BCUT2D eigenvalue weighted by Crippen LogP contribution is -2.52. The van der Waals surface area contributed by atoms with Gasteiger partial charge in [-0.05, 0) is 70.9 Å². The van der Waals surface area contributed by atoms with Crippen LogP contribution in [0.5, 0.6) is 0 Å². The van der Waals surface area contributed by atoms with Crippen molar-refractivity contribution < 1.29 is 18.0 Å². The van der Waals surface area contributed by atoms with Crippen molar-refractivity contribution in [3.05, 3.63) is 95.1 Å². The van der Waals surface area contributed by atoms with E-state index in [0.29, 0.717) is 11.3 Å². The molecule has 0 aromatic heterocycles. The number of nitrogens with one attached hydrogen (secondary N) is 1. The number of hydrogen-bond acceptors (Lipinski definition) is 4. The Bertz CT molecular complexity index is 1370. The predicted octanol–water partition coefficient (Wildman–Crippen LogP) is 4.75. The molecule has 202 valence electrons. The molecular formula is C30H37N3O4S. The molecule has 0 unspecified atom stereocenters. The Morgan fingerprint density at radius 3 is 1.92 bits per heavy atom. The summed E-state index contributed by atoms with van der Waals surface area (Å²) >= 11 is 0. The summed E-state index contributed by atoms with van der Waals surface area (Å²) < 4.78 is 28.9. The van der Waals surface area contributed by atoms with Crippen LogP contribution in [0.25, 0.3) is 0 Å². The van der Waals surface area contributed by atoms with Gasteiger partial charge in [-0.2, -0.15) is 0 Å². The van der Waals surface area contributed by atoms with Crippen LogP contribution < -0.4 is 9.62 Å². The number of carbonyl (C=O) groups is 2. The third kappa shape index (κ3) is 7.01. The average molecular weight is 536 g/mol. The molecule has 3 rings (SSSR count). The van der Waals surface area contributed by atoms with E-state index >= 15 is 0 Å². The second-order valence-corrected chi connectivity index (χ2v) is 11.8. The zero-order valence-corrected chi connectivity index (χ0v) is 23.7. The van der Waals surface area contributed by atoms with Gasteiger partial charge in [0, 0.05) is 12.6 Å². The molecule has 0 bridgehead atoms. The Kier molecular flexibility index (Phi) is 9.33. The maximum atomic E-state index is 13.9. The van der Waals surface area contributed by atoms with Crippen molar-refractivity contribution >= 4 is 27.5 Å². The summed E-state index contributed by atoms with van der Waals surface area (Å²) in [4.78, 5) is 28.4. The van der Waals surface area contributed by atoms with E-state index in [1.165, 1.54) is 4.90 Å². The summed E-state index contributed by atoms with van der Waals surface area (Å²) in [5.41, 5.74) is 3.98. The predicted molar refractivity (Wildman–Crippen MR) is 151 cm³/mol. The highest BCUT2D eigenvalue weighted by atomic mass is 32.2. The lowest BCUT2D eigenvalue weighted by atomic mass is 10.1. The van der Waals surface area contributed by atoms with Gasteiger partial charge in [-0.1, -0.05) is 65.7 Å². The summed E-state index contributed by atoms with van der Waals surface area (Å²) in [6.07, 6.45) is 0. The molecule has 0 heterocycles. The zero-order valence-electron chi connectivity index (χ0n) is 22.9. The number of anilines is 1. The van der Waals surface area contributed by atoms with Crippen LogP contribution in [0, 0.1) is 20.8 Å². The van der Waals surface area contributed by atoms with Crippen molar-refractivity contribution in [2.45, 2.75) is 65.1 Å². The van der Waals surface area contributed by atoms with E-state index in [1.807, 2.05) is 58.0 Å². The molecule has 0 fully saturated rings. The first-order valence-electron chi connectivity index (χ1n) is 12.7. The number of carbonyl (C=O) groups excluding carboxylic acids is 2. The number of amides is 2. The SMILES string of the molecule is Cc1ccc(CN(C(=O)CN(c2ccccc2C)S(=O)(=O)c2ccc(C)cc2)[C@@H](C)C(=O)NC(C)C)cc1. The first-order chi connectivity index (χ1) is 17.9. The van der Waals surface area contributed by atoms with Crippen LogP contribution >= 0.6 is 0 Å². The van der Waals surface area contributed by atoms with Gasteiger partial charge < -0.3 is 10.2 Å². The molecule has 0 aliphatic carbocycles.